The number of nitrogens with one attached hydrogen (secondary N) is 2. The van der Waals surface area contributed by atoms with Gasteiger partial charge in [-0.2, -0.15) is 0 Å². The highest BCUT2D eigenvalue weighted by molar-refractivity contribution is 8.18. The van der Waals surface area contributed by atoms with Crippen molar-refractivity contribution in [2.24, 2.45) is 4.99 Å². The van der Waals surface area contributed by atoms with E-state index >= 15 is 0 Å². The van der Waals surface area contributed by atoms with Crippen molar-refractivity contribution in [3.05, 3.63) is 76.4 Å². The van der Waals surface area contributed by atoms with Crippen LogP contribution in [0.5, 0.6) is 0 Å². The van der Waals surface area contributed by atoms with Crippen LogP contribution in [-0.4, -0.2) is 21.0 Å². The third kappa shape index (κ3) is 4.16. The summed E-state index contributed by atoms with van der Waals surface area (Å²) in [5, 5.41) is 5.33. The number of hydrogen-bond acceptors (Lipinski definition) is 6. The Morgan fingerprint density at radius 1 is 1.10 bits per heavy atom. The Morgan fingerprint density at radius 2 is 1.93 bits per heavy atom. The first-order valence-corrected chi connectivity index (χ1v) is 10.9. The number of aromatic amines is 1. The zero-order chi connectivity index (χ0) is 20.5. The molecule has 1 aliphatic rings. The van der Waals surface area contributed by atoms with Gasteiger partial charge in [0.25, 0.3) is 5.91 Å². The van der Waals surface area contributed by atoms with Crippen molar-refractivity contribution in [3.63, 3.8) is 0 Å². The molecule has 6 nitrogen and oxygen atoms in total. The molecule has 1 aliphatic heterocycles. The van der Waals surface area contributed by atoms with E-state index in [1.165, 1.54) is 23.5 Å². The minimum Gasteiger partial charge on any atom is -0.450 e. The molecule has 0 unspecified atom stereocenters. The Bertz CT molecular complexity index is 1280. The van der Waals surface area contributed by atoms with E-state index in [4.69, 9.17) is 16.0 Å². The van der Waals surface area contributed by atoms with Crippen molar-refractivity contribution in [2.75, 3.05) is 0 Å². The highest BCUT2D eigenvalue weighted by Crippen LogP contribution is 2.32. The van der Waals surface area contributed by atoms with Crippen LogP contribution < -0.4 is 5.32 Å². The lowest BCUT2D eigenvalue weighted by Gasteiger charge is -1.96. The number of amidine groups is 1. The smallest absolute Gasteiger partial charge is 0.264 e. The number of hydrogen-bond donors (Lipinski definition) is 2. The van der Waals surface area contributed by atoms with Gasteiger partial charge in [-0.3, -0.25) is 4.79 Å². The van der Waals surface area contributed by atoms with Crippen LogP contribution in [0.2, 0.25) is 5.02 Å². The Labute approximate surface area is 184 Å². The molecule has 1 fully saturated rings. The number of carbonyl (C=O) groups is 1. The largest absolute Gasteiger partial charge is 0.450 e. The lowest BCUT2D eigenvalue weighted by atomic mass is 10.3. The van der Waals surface area contributed by atoms with Gasteiger partial charge in [0.15, 0.2) is 15.4 Å². The summed E-state index contributed by atoms with van der Waals surface area (Å²) in [6.07, 6.45) is 1.70. The maximum atomic E-state index is 12.3. The topological polar surface area (TPSA) is 83.3 Å². The number of H-pyrrole nitrogens is 1. The fraction of sp³-hybridized carbons (Fsp3) is 0. The van der Waals surface area contributed by atoms with Crippen LogP contribution in [0.25, 0.3) is 17.1 Å². The summed E-state index contributed by atoms with van der Waals surface area (Å²) in [6.45, 7) is 0. The number of fused-ring (bicyclic) bond motifs is 1. The Balaban J connectivity index is 1.31. The van der Waals surface area contributed by atoms with E-state index in [0.29, 0.717) is 31.6 Å². The first kappa shape index (κ1) is 19.0. The molecule has 5 rings (SSSR count). The Kier molecular flexibility index (Phi) is 5.12. The molecule has 0 aliphatic carbocycles. The molecule has 0 saturated carbocycles. The SMILES string of the molecule is O=C1NC(=Nc2ccc(Cl)cc2)SC1=Cc1ccc(Sc2nc3ccccc3[nH]2)o1. The number of rotatable bonds is 4. The Hall–Kier alpha value is -2.94. The van der Waals surface area contributed by atoms with Gasteiger partial charge in [0.1, 0.15) is 5.76 Å². The van der Waals surface area contributed by atoms with Crippen LogP contribution in [0.1, 0.15) is 5.76 Å². The standard InChI is InChI=1S/C21H13ClN4O2S2/c22-12-5-7-13(8-6-12)23-20-26-19(27)17(29-20)11-14-9-10-18(28-14)30-21-24-15-3-1-2-4-16(15)25-21/h1-11H,(H,24,25)(H,23,26,27). The predicted molar refractivity (Wildman–Crippen MR) is 121 cm³/mol. The molecule has 1 saturated heterocycles. The van der Waals surface area contributed by atoms with Crippen molar-refractivity contribution in [1.82, 2.24) is 15.3 Å². The van der Waals surface area contributed by atoms with Crippen LogP contribution in [-0.2, 0) is 4.79 Å². The summed E-state index contributed by atoms with van der Waals surface area (Å²) < 4.78 is 5.84. The number of imidazole rings is 1. The maximum Gasteiger partial charge on any atom is 0.264 e. The second kappa shape index (κ2) is 8.06. The molecule has 3 heterocycles. The van der Waals surface area contributed by atoms with Crippen LogP contribution in [0, 0.1) is 0 Å². The molecular weight excluding hydrogens is 440 g/mol. The summed E-state index contributed by atoms with van der Waals surface area (Å²) in [7, 11) is 0. The average molecular weight is 453 g/mol. The highest BCUT2D eigenvalue weighted by Gasteiger charge is 2.24. The van der Waals surface area contributed by atoms with Gasteiger partial charge in [-0.15, -0.1) is 0 Å². The van der Waals surface area contributed by atoms with Gasteiger partial charge in [-0.1, -0.05) is 23.7 Å². The molecule has 0 spiro atoms. The minimum atomic E-state index is -0.212. The predicted octanol–water partition coefficient (Wildman–Crippen LogP) is 5.85. The van der Waals surface area contributed by atoms with Gasteiger partial charge >= 0.3 is 0 Å². The highest BCUT2D eigenvalue weighted by atomic mass is 35.5. The molecule has 0 atom stereocenters. The number of nitrogens with zero attached hydrogens (tertiary/aromatic N) is 2. The number of halogens is 1. The van der Waals surface area contributed by atoms with E-state index in [-0.39, 0.29) is 5.91 Å². The van der Waals surface area contributed by atoms with Crippen LogP contribution in [0.3, 0.4) is 0 Å². The van der Waals surface area contributed by atoms with Crippen molar-refractivity contribution >= 4 is 69.0 Å². The molecule has 0 radical (unpaired) electrons. The summed E-state index contributed by atoms with van der Waals surface area (Å²) in [6, 6.07) is 18.6. The van der Waals surface area contributed by atoms with E-state index in [1.54, 1.807) is 30.3 Å². The fourth-order valence-electron chi connectivity index (χ4n) is 2.78. The molecule has 148 valence electrons. The third-order valence-corrected chi connectivity index (χ3v) is 6.12. The second-order valence-corrected chi connectivity index (χ2v) is 8.74. The van der Waals surface area contributed by atoms with Crippen molar-refractivity contribution in [2.45, 2.75) is 10.2 Å². The number of para-hydroxylation sites is 2. The van der Waals surface area contributed by atoms with E-state index in [9.17, 15) is 4.79 Å². The molecule has 30 heavy (non-hydrogen) atoms. The average Bonchev–Trinajstić information content (AvgIpc) is 3.43. The van der Waals surface area contributed by atoms with Crippen LogP contribution in [0.4, 0.5) is 5.69 Å². The lowest BCUT2D eigenvalue weighted by Crippen LogP contribution is -2.19. The van der Waals surface area contributed by atoms with Crippen molar-refractivity contribution < 1.29 is 9.21 Å². The first-order valence-electron chi connectivity index (χ1n) is 8.90. The van der Waals surface area contributed by atoms with Gasteiger partial charge in [0, 0.05) is 11.1 Å². The quantitative estimate of drug-likeness (QED) is 0.379. The molecule has 2 aromatic heterocycles. The molecule has 2 N–H and O–H groups in total. The molecule has 1 amide bonds. The van der Waals surface area contributed by atoms with Crippen molar-refractivity contribution in [1.29, 1.82) is 0 Å². The number of carbonyl (C=O) groups excluding carboxylic acids is 1. The van der Waals surface area contributed by atoms with Crippen molar-refractivity contribution in [3.8, 4) is 0 Å². The monoisotopic (exact) mass is 452 g/mol. The van der Waals surface area contributed by atoms with Gasteiger partial charge in [0.2, 0.25) is 0 Å². The summed E-state index contributed by atoms with van der Waals surface area (Å²) in [5.41, 5.74) is 2.59. The van der Waals surface area contributed by atoms with E-state index in [2.05, 4.69) is 20.3 Å². The van der Waals surface area contributed by atoms with Gasteiger partial charge in [-0.25, -0.2) is 9.98 Å². The normalized spacial score (nSPS) is 16.6. The van der Waals surface area contributed by atoms with Crippen LogP contribution in [0.15, 0.2) is 85.2 Å². The zero-order valence-electron chi connectivity index (χ0n) is 15.3. The van der Waals surface area contributed by atoms with Gasteiger partial charge < -0.3 is 14.7 Å². The minimum absolute atomic E-state index is 0.212. The second-order valence-electron chi connectivity index (χ2n) is 6.28. The van der Waals surface area contributed by atoms with E-state index < -0.39 is 0 Å². The number of amides is 1. The summed E-state index contributed by atoms with van der Waals surface area (Å²) in [4.78, 5) is 25.0. The summed E-state index contributed by atoms with van der Waals surface area (Å²) in [5.74, 6) is 0.370. The van der Waals surface area contributed by atoms with E-state index in [0.717, 1.165) is 16.2 Å². The number of aromatic nitrogens is 2. The summed E-state index contributed by atoms with van der Waals surface area (Å²) >= 11 is 8.54. The molecular formula is C21H13ClN4O2S2. The number of thioether (sulfide) groups is 1. The number of aliphatic imine (C=N–C) groups is 1. The zero-order valence-corrected chi connectivity index (χ0v) is 17.6. The third-order valence-electron chi connectivity index (χ3n) is 4.15. The fourth-order valence-corrected chi connectivity index (χ4v) is 4.50. The number of furan rings is 1. The molecule has 0 bridgehead atoms. The molecule has 2 aromatic carbocycles. The maximum absolute atomic E-state index is 12.3. The molecule has 4 aromatic rings. The van der Waals surface area contributed by atoms with Crippen LogP contribution >= 0.6 is 35.1 Å². The van der Waals surface area contributed by atoms with E-state index in [1.807, 2.05) is 36.4 Å². The molecule has 9 heteroatoms. The Morgan fingerprint density at radius 3 is 2.77 bits per heavy atom. The number of benzene rings is 2. The van der Waals surface area contributed by atoms with Gasteiger partial charge in [0.05, 0.1) is 21.6 Å². The lowest BCUT2D eigenvalue weighted by molar-refractivity contribution is -0.115. The van der Waals surface area contributed by atoms with Gasteiger partial charge in [-0.05, 0) is 72.1 Å². The first-order chi connectivity index (χ1) is 14.6.